The van der Waals surface area contributed by atoms with Crippen molar-refractivity contribution in [1.82, 2.24) is 39.0 Å². The third-order valence-electron chi connectivity index (χ3n) is 11.1. The van der Waals surface area contributed by atoms with E-state index in [-0.39, 0.29) is 45.9 Å². The Labute approximate surface area is 416 Å². The Morgan fingerprint density at radius 2 is 0.851 bits per heavy atom. The number of hydrogen-bond acceptors (Lipinski definition) is 22. The molecule has 2 aliphatic rings. The predicted octanol–water partition coefficient (Wildman–Crippen LogP) is 0.831. The van der Waals surface area contributed by atoms with Crippen molar-refractivity contribution in [3.8, 4) is 34.8 Å². The van der Waals surface area contributed by atoms with E-state index < -0.39 is 109 Å². The van der Waals surface area contributed by atoms with Crippen LogP contribution in [0.4, 0.5) is 11.9 Å². The van der Waals surface area contributed by atoms with Gasteiger partial charge in [-0.2, -0.15) is 9.97 Å². The Kier molecular flexibility index (Phi) is 14.6. The van der Waals surface area contributed by atoms with E-state index in [4.69, 9.17) is 49.4 Å². The third-order valence-corrected chi connectivity index (χ3v) is 11.1. The number of carbonyl (C=O) groups is 6. The first-order valence-electron chi connectivity index (χ1n) is 22.3. The van der Waals surface area contributed by atoms with Crippen molar-refractivity contribution in [2.24, 2.45) is 0 Å². The molecule has 2 aliphatic heterocycles. The number of nitrogen functional groups attached to an aromatic ring is 2. The van der Waals surface area contributed by atoms with Crippen LogP contribution < -0.4 is 22.6 Å². The van der Waals surface area contributed by atoms with Gasteiger partial charge in [-0.25, -0.2) is 9.97 Å². The lowest BCUT2D eigenvalue weighted by molar-refractivity contribution is -0.166. The van der Waals surface area contributed by atoms with Crippen molar-refractivity contribution < 1.29 is 66.7 Å². The molecular formula is C48H44N10O16. The second-order valence-corrected chi connectivity index (χ2v) is 16.5. The van der Waals surface area contributed by atoms with Crippen molar-refractivity contribution in [3.63, 3.8) is 0 Å². The average molecular weight is 1020 g/mol. The summed E-state index contributed by atoms with van der Waals surface area (Å²) >= 11 is 0. The molecule has 74 heavy (non-hydrogen) atoms. The molecule has 26 nitrogen and oxygen atoms in total. The first-order chi connectivity index (χ1) is 35.2. The first kappa shape index (κ1) is 51.0. The van der Waals surface area contributed by atoms with Crippen LogP contribution in [0.2, 0.25) is 0 Å². The maximum Gasteiger partial charge on any atom is 0.303 e. The van der Waals surface area contributed by atoms with E-state index in [9.17, 15) is 38.4 Å². The number of H-pyrrole nitrogens is 2. The zero-order valence-electron chi connectivity index (χ0n) is 40.0. The van der Waals surface area contributed by atoms with Crippen molar-refractivity contribution in [3.05, 3.63) is 92.0 Å². The molecule has 0 radical (unpaired) electrons. The summed E-state index contributed by atoms with van der Waals surface area (Å²) in [5.41, 5.74) is 12.4. The molecule has 382 valence electrons. The number of anilines is 2. The van der Waals surface area contributed by atoms with Gasteiger partial charge in [0.15, 0.2) is 70.8 Å². The summed E-state index contributed by atoms with van der Waals surface area (Å²) in [4.78, 5) is 121. The van der Waals surface area contributed by atoms with Crippen LogP contribution in [0.5, 0.6) is 0 Å². The summed E-state index contributed by atoms with van der Waals surface area (Å²) in [6.07, 6.45) is -10.3. The van der Waals surface area contributed by atoms with Crippen molar-refractivity contribution in [2.75, 3.05) is 24.7 Å². The minimum atomic E-state index is -1.36. The number of aromatic nitrogens is 8. The van der Waals surface area contributed by atoms with Gasteiger partial charge in [-0.05, 0) is 47.2 Å². The second-order valence-electron chi connectivity index (χ2n) is 16.5. The largest absolute Gasteiger partial charge is 0.463 e. The van der Waals surface area contributed by atoms with Gasteiger partial charge in [0.25, 0.3) is 11.1 Å². The Bertz CT molecular complexity index is 3260. The fourth-order valence-electron chi connectivity index (χ4n) is 8.21. The zero-order valence-corrected chi connectivity index (χ0v) is 40.0. The van der Waals surface area contributed by atoms with Gasteiger partial charge < -0.3 is 49.4 Å². The highest BCUT2D eigenvalue weighted by atomic mass is 16.7. The highest BCUT2D eigenvalue weighted by Gasteiger charge is 2.53. The smallest absolute Gasteiger partial charge is 0.303 e. The molecule has 6 heterocycles. The Hall–Kier alpha value is -9.40. The summed E-state index contributed by atoms with van der Waals surface area (Å²) in [5, 5.41) is 0. The number of aromatic amines is 2. The number of hydrogen-bond donors (Lipinski definition) is 4. The highest BCUT2D eigenvalue weighted by Crippen LogP contribution is 2.38. The Morgan fingerprint density at radius 1 is 0.514 bits per heavy atom. The topological polar surface area (TPSA) is 355 Å². The van der Waals surface area contributed by atoms with Gasteiger partial charge in [0.1, 0.15) is 25.4 Å². The molecule has 0 amide bonds. The van der Waals surface area contributed by atoms with E-state index in [1.165, 1.54) is 23.0 Å². The van der Waals surface area contributed by atoms with Crippen LogP contribution in [-0.2, 0) is 66.7 Å². The molecule has 2 aromatic carbocycles. The van der Waals surface area contributed by atoms with Crippen LogP contribution in [0.25, 0.3) is 33.5 Å². The normalized spacial score (nSPS) is 20.9. The van der Waals surface area contributed by atoms with Gasteiger partial charge in [0, 0.05) is 52.7 Å². The number of carbonyl (C=O) groups excluding carboxylic acids is 6. The summed E-state index contributed by atoms with van der Waals surface area (Å²) in [5.74, 6) is 6.88. The van der Waals surface area contributed by atoms with Crippen molar-refractivity contribution in [2.45, 2.75) is 90.6 Å². The van der Waals surface area contributed by atoms with Gasteiger partial charge in [-0.1, -0.05) is 36.1 Å². The van der Waals surface area contributed by atoms with Crippen LogP contribution in [0.15, 0.2) is 58.1 Å². The molecule has 6 aromatic rings. The number of imidazole rings is 2. The molecule has 2 saturated heterocycles. The fourth-order valence-corrected chi connectivity index (χ4v) is 8.21. The van der Waals surface area contributed by atoms with E-state index in [0.29, 0.717) is 11.1 Å². The molecule has 26 heteroatoms. The minimum absolute atomic E-state index is 0.0707. The molecule has 0 saturated carbocycles. The number of ether oxygens (including phenoxy) is 8. The lowest BCUT2D eigenvalue weighted by Crippen LogP contribution is -2.40. The highest BCUT2D eigenvalue weighted by molar-refractivity contribution is 5.75. The maximum absolute atomic E-state index is 13.1. The van der Waals surface area contributed by atoms with Crippen LogP contribution in [-0.4, -0.2) is 125 Å². The quantitative estimate of drug-likeness (QED) is 0.0793. The molecular weight excluding hydrogens is 973 g/mol. The van der Waals surface area contributed by atoms with Crippen LogP contribution in [0.1, 0.15) is 76.8 Å². The number of esters is 6. The Morgan fingerprint density at radius 3 is 1.18 bits per heavy atom. The monoisotopic (exact) mass is 1020 g/mol. The number of fused-ring (bicyclic) bond motifs is 2. The second kappa shape index (κ2) is 21.1. The summed E-state index contributed by atoms with van der Waals surface area (Å²) in [6, 6.07) is 14.1. The standard InChI is InChI=1S/C48H44N10O16/c1-21(59)67-19-31-37(69-23(3)61)39(71-25(5)63)45(73-31)57-33(51-35-41(57)53-47(49)55-43(35)65)17-11-27-7-13-29(14-8-27)30-15-9-28(10-16-30)12-18-34-52-36-42(54-48(50)56-44(36)66)58(34)46-40(72-26(6)64)38(70-24(4)62)32(74-46)20-68-22(2)60/h7-10,13-16,31-32,37-40,45-46H,19-20H2,1-6H3,(H3,49,53,55,65)(H3,50,54,56,66)/t31-,32-,37-,38-,39-,40-,45-,46-/m1/s1. The van der Waals surface area contributed by atoms with E-state index in [1.54, 1.807) is 48.5 Å². The number of rotatable bonds is 11. The molecule has 0 unspecified atom stereocenters. The van der Waals surface area contributed by atoms with E-state index in [1.807, 2.05) is 0 Å². The lowest BCUT2D eigenvalue weighted by atomic mass is 10.0. The van der Waals surface area contributed by atoms with Gasteiger partial charge in [-0.3, -0.25) is 57.5 Å². The number of nitrogens with one attached hydrogen (secondary N) is 2. The minimum Gasteiger partial charge on any atom is -0.463 e. The molecule has 0 aliphatic carbocycles. The van der Waals surface area contributed by atoms with Crippen molar-refractivity contribution >= 4 is 70.0 Å². The van der Waals surface area contributed by atoms with Crippen LogP contribution >= 0.6 is 0 Å². The van der Waals surface area contributed by atoms with Crippen LogP contribution in [0.3, 0.4) is 0 Å². The molecule has 2 fully saturated rings. The molecule has 8 atom stereocenters. The first-order valence-corrected chi connectivity index (χ1v) is 22.3. The summed E-state index contributed by atoms with van der Waals surface area (Å²) < 4.78 is 47.6. The zero-order chi connectivity index (χ0) is 53.1. The summed E-state index contributed by atoms with van der Waals surface area (Å²) in [6.45, 7) is 6.12. The maximum atomic E-state index is 13.1. The summed E-state index contributed by atoms with van der Waals surface area (Å²) in [7, 11) is 0. The molecule has 8 rings (SSSR count). The number of nitrogens with two attached hydrogens (primary N) is 2. The van der Waals surface area contributed by atoms with Gasteiger partial charge in [0.2, 0.25) is 11.9 Å². The molecule has 6 N–H and O–H groups in total. The lowest BCUT2D eigenvalue weighted by Gasteiger charge is -2.24. The average Bonchev–Trinajstić information content (AvgIpc) is 4.06. The fraction of sp³-hybridized carbons (Fsp3) is 0.333. The Balaban J connectivity index is 1.09. The third kappa shape index (κ3) is 11.1. The predicted molar refractivity (Wildman–Crippen MR) is 252 cm³/mol. The number of nitrogens with zero attached hydrogens (tertiary/aromatic N) is 6. The van der Waals surface area contributed by atoms with E-state index in [2.05, 4.69) is 53.6 Å². The van der Waals surface area contributed by atoms with Crippen LogP contribution in [0, 0.1) is 23.7 Å². The molecule has 4 aromatic heterocycles. The SMILES string of the molecule is CC(=O)OC[C@H]1O[C@@H](n2c(C#Cc3ccc(-c4ccc(C#Cc5nc6c(=O)[nH]c(N)nc6n5[C@@H]5O[C@H](COC(C)=O)[C@@H](OC(C)=O)[C@H]5OC(C)=O)cc4)cc3)nc3c(=O)[nH]c(N)nc32)[C@H](OC(C)=O)[C@@H]1OC(C)=O. The van der Waals surface area contributed by atoms with Gasteiger partial charge >= 0.3 is 35.8 Å². The van der Waals surface area contributed by atoms with Gasteiger partial charge in [0.05, 0.1) is 0 Å². The van der Waals surface area contributed by atoms with Crippen molar-refractivity contribution in [1.29, 1.82) is 0 Å². The molecule has 0 spiro atoms. The molecule has 0 bridgehead atoms. The number of benzene rings is 2. The van der Waals surface area contributed by atoms with E-state index in [0.717, 1.165) is 38.8 Å². The van der Waals surface area contributed by atoms with Gasteiger partial charge in [-0.15, -0.1) is 0 Å². The van der Waals surface area contributed by atoms with E-state index >= 15 is 0 Å².